The van der Waals surface area contributed by atoms with Crippen molar-refractivity contribution in [2.24, 2.45) is 5.41 Å². The molecule has 0 unspecified atom stereocenters. The molecule has 2 heterocycles. The Morgan fingerprint density at radius 3 is 2.58 bits per heavy atom. The Hall–Kier alpha value is -2.69. The molecule has 0 spiro atoms. The number of pyridine rings is 1. The summed E-state index contributed by atoms with van der Waals surface area (Å²) in [6.07, 6.45) is 2.79. The van der Waals surface area contributed by atoms with Crippen LogP contribution in [0.3, 0.4) is 0 Å². The van der Waals surface area contributed by atoms with Crippen LogP contribution in [0.25, 0.3) is 16.8 Å². The van der Waals surface area contributed by atoms with Crippen molar-refractivity contribution in [2.45, 2.75) is 34.1 Å². The minimum atomic E-state index is -0.924. The van der Waals surface area contributed by atoms with Gasteiger partial charge in [0.1, 0.15) is 5.82 Å². The van der Waals surface area contributed by atoms with Crippen LogP contribution in [0.15, 0.2) is 36.5 Å². The summed E-state index contributed by atoms with van der Waals surface area (Å²) in [5, 5.41) is 17.8. The quantitative estimate of drug-likeness (QED) is 0.791. The molecule has 3 rings (SSSR count). The van der Waals surface area contributed by atoms with Gasteiger partial charge in [-0.05, 0) is 53.3 Å². The standard InChI is InChI=1S/C19H21N3O2/c1-12-5-6-14(18(23)24)9-15(12)13-7-8-22-16(10-13)20-21-17(22)11-19(2,3)4/h5-10H,11H2,1-4H3,(H,23,24). The number of nitrogens with zero attached hydrogens (tertiary/aromatic N) is 3. The molecular weight excluding hydrogens is 302 g/mol. The summed E-state index contributed by atoms with van der Waals surface area (Å²) in [5.74, 6) is 0.00679. The van der Waals surface area contributed by atoms with Crippen molar-refractivity contribution < 1.29 is 9.90 Å². The zero-order chi connectivity index (χ0) is 17.5. The first-order valence-corrected chi connectivity index (χ1v) is 7.92. The van der Waals surface area contributed by atoms with E-state index in [4.69, 9.17) is 0 Å². The molecule has 1 N–H and O–H groups in total. The molecule has 0 bridgehead atoms. The lowest BCUT2D eigenvalue weighted by Gasteiger charge is -2.16. The molecule has 5 heteroatoms. The second kappa shape index (κ2) is 5.74. The van der Waals surface area contributed by atoms with Crippen LogP contribution >= 0.6 is 0 Å². The maximum atomic E-state index is 11.2. The Bertz CT molecular complexity index is 920. The van der Waals surface area contributed by atoms with Gasteiger partial charge >= 0.3 is 5.97 Å². The van der Waals surface area contributed by atoms with Gasteiger partial charge in [-0.2, -0.15) is 0 Å². The largest absolute Gasteiger partial charge is 0.478 e. The molecule has 5 nitrogen and oxygen atoms in total. The molecule has 0 aliphatic rings. The molecule has 0 atom stereocenters. The molecule has 24 heavy (non-hydrogen) atoms. The van der Waals surface area contributed by atoms with Gasteiger partial charge in [-0.25, -0.2) is 4.79 Å². The van der Waals surface area contributed by atoms with Gasteiger partial charge < -0.3 is 5.11 Å². The number of hydrogen-bond donors (Lipinski definition) is 1. The molecule has 1 aromatic carbocycles. The van der Waals surface area contributed by atoms with Crippen molar-refractivity contribution in [2.75, 3.05) is 0 Å². The average Bonchev–Trinajstić information content (AvgIpc) is 2.88. The topological polar surface area (TPSA) is 67.5 Å². The van der Waals surface area contributed by atoms with Crippen LogP contribution in [0, 0.1) is 12.3 Å². The van der Waals surface area contributed by atoms with Gasteiger partial charge in [-0.3, -0.25) is 4.40 Å². The Morgan fingerprint density at radius 2 is 1.92 bits per heavy atom. The fourth-order valence-electron chi connectivity index (χ4n) is 2.77. The summed E-state index contributed by atoms with van der Waals surface area (Å²) in [6.45, 7) is 8.48. The number of carboxylic acid groups (broad SMARTS) is 1. The number of rotatable bonds is 3. The maximum absolute atomic E-state index is 11.2. The first-order valence-electron chi connectivity index (χ1n) is 7.92. The number of carboxylic acids is 1. The summed E-state index contributed by atoms with van der Waals surface area (Å²) < 4.78 is 1.99. The number of benzene rings is 1. The summed E-state index contributed by atoms with van der Waals surface area (Å²) in [7, 11) is 0. The molecule has 2 aromatic heterocycles. The highest BCUT2D eigenvalue weighted by atomic mass is 16.4. The number of aromatic carboxylic acids is 1. The number of hydrogen-bond acceptors (Lipinski definition) is 3. The van der Waals surface area contributed by atoms with Crippen LogP contribution < -0.4 is 0 Å². The zero-order valence-corrected chi connectivity index (χ0v) is 14.4. The van der Waals surface area contributed by atoms with Crippen LogP contribution in [0.5, 0.6) is 0 Å². The first-order chi connectivity index (χ1) is 11.2. The van der Waals surface area contributed by atoms with E-state index in [1.165, 1.54) is 0 Å². The SMILES string of the molecule is Cc1ccc(C(=O)O)cc1-c1ccn2c(CC(C)(C)C)nnc2c1. The van der Waals surface area contributed by atoms with E-state index in [1.54, 1.807) is 12.1 Å². The van der Waals surface area contributed by atoms with Gasteiger partial charge in [0.15, 0.2) is 5.65 Å². The third-order valence-corrected chi connectivity index (χ3v) is 3.96. The summed E-state index contributed by atoms with van der Waals surface area (Å²) in [5.41, 5.74) is 4.06. The van der Waals surface area contributed by atoms with Crippen LogP contribution in [0.4, 0.5) is 0 Å². The summed E-state index contributed by atoms with van der Waals surface area (Å²) in [4.78, 5) is 11.2. The predicted octanol–water partition coefficient (Wildman–Crippen LogP) is 3.99. The van der Waals surface area contributed by atoms with Gasteiger partial charge in [0.25, 0.3) is 0 Å². The Labute approximate surface area is 141 Å². The third-order valence-electron chi connectivity index (χ3n) is 3.96. The molecule has 0 aliphatic carbocycles. The van der Waals surface area contributed by atoms with E-state index in [9.17, 15) is 9.90 Å². The normalized spacial score (nSPS) is 11.8. The van der Waals surface area contributed by atoms with Crippen molar-refractivity contribution in [1.29, 1.82) is 0 Å². The average molecular weight is 323 g/mol. The van der Waals surface area contributed by atoms with Crippen molar-refractivity contribution in [1.82, 2.24) is 14.6 Å². The maximum Gasteiger partial charge on any atom is 0.335 e. The van der Waals surface area contributed by atoms with Gasteiger partial charge in [-0.15, -0.1) is 10.2 Å². The number of aromatic nitrogens is 3. The van der Waals surface area contributed by atoms with Gasteiger partial charge in [0, 0.05) is 12.6 Å². The molecule has 0 aliphatic heterocycles. The molecule has 124 valence electrons. The van der Waals surface area contributed by atoms with Crippen LogP contribution in [-0.2, 0) is 6.42 Å². The number of fused-ring (bicyclic) bond motifs is 1. The van der Waals surface area contributed by atoms with Crippen molar-refractivity contribution in [3.63, 3.8) is 0 Å². The third kappa shape index (κ3) is 3.15. The van der Waals surface area contributed by atoms with E-state index >= 15 is 0 Å². The minimum absolute atomic E-state index is 0.133. The van der Waals surface area contributed by atoms with Crippen LogP contribution in [0.2, 0.25) is 0 Å². The Kier molecular flexibility index (Phi) is 3.87. The molecular formula is C19H21N3O2. The molecule has 0 saturated heterocycles. The molecule has 0 amide bonds. The van der Waals surface area contributed by atoms with E-state index in [1.807, 2.05) is 35.7 Å². The highest BCUT2D eigenvalue weighted by molar-refractivity contribution is 5.90. The Morgan fingerprint density at radius 1 is 1.17 bits per heavy atom. The number of aryl methyl sites for hydroxylation is 1. The fourth-order valence-corrected chi connectivity index (χ4v) is 2.77. The second-order valence-corrected chi connectivity index (χ2v) is 7.33. The van der Waals surface area contributed by atoms with Gasteiger partial charge in [0.05, 0.1) is 5.56 Å². The van der Waals surface area contributed by atoms with Crippen molar-refractivity contribution >= 4 is 11.6 Å². The Balaban J connectivity index is 2.06. The molecule has 0 radical (unpaired) electrons. The van der Waals surface area contributed by atoms with Crippen LogP contribution in [0.1, 0.15) is 42.5 Å². The highest BCUT2D eigenvalue weighted by Gasteiger charge is 2.16. The lowest BCUT2D eigenvalue weighted by Crippen LogP contribution is -2.11. The minimum Gasteiger partial charge on any atom is -0.478 e. The second-order valence-electron chi connectivity index (χ2n) is 7.33. The monoisotopic (exact) mass is 323 g/mol. The van der Waals surface area contributed by atoms with E-state index in [2.05, 4.69) is 31.0 Å². The predicted molar refractivity (Wildman–Crippen MR) is 93.3 cm³/mol. The van der Waals surface area contributed by atoms with Gasteiger partial charge in [-0.1, -0.05) is 26.8 Å². The first kappa shape index (κ1) is 16.2. The summed E-state index contributed by atoms with van der Waals surface area (Å²) in [6, 6.07) is 9.09. The van der Waals surface area contributed by atoms with E-state index in [-0.39, 0.29) is 11.0 Å². The molecule has 0 saturated carbocycles. The van der Waals surface area contributed by atoms with Crippen molar-refractivity contribution in [3.05, 3.63) is 53.5 Å². The fraction of sp³-hybridized carbons (Fsp3) is 0.316. The lowest BCUT2D eigenvalue weighted by molar-refractivity contribution is 0.0697. The zero-order valence-electron chi connectivity index (χ0n) is 14.4. The summed E-state index contributed by atoms with van der Waals surface area (Å²) >= 11 is 0. The number of carbonyl (C=O) groups is 1. The molecule has 0 fully saturated rings. The van der Waals surface area contributed by atoms with E-state index in [0.717, 1.165) is 34.6 Å². The van der Waals surface area contributed by atoms with E-state index < -0.39 is 5.97 Å². The smallest absolute Gasteiger partial charge is 0.335 e. The highest BCUT2D eigenvalue weighted by Crippen LogP contribution is 2.27. The molecule has 3 aromatic rings. The van der Waals surface area contributed by atoms with Gasteiger partial charge in [0.2, 0.25) is 0 Å². The van der Waals surface area contributed by atoms with Crippen molar-refractivity contribution in [3.8, 4) is 11.1 Å². The van der Waals surface area contributed by atoms with Crippen LogP contribution in [-0.4, -0.2) is 25.7 Å². The van der Waals surface area contributed by atoms with E-state index in [0.29, 0.717) is 0 Å². The lowest BCUT2D eigenvalue weighted by atomic mass is 9.92.